The lowest BCUT2D eigenvalue weighted by Gasteiger charge is -2.12. The molecule has 1 aromatic heterocycles. The van der Waals surface area contributed by atoms with Gasteiger partial charge in [0, 0.05) is 18.3 Å². The molecule has 3 aromatic rings. The Morgan fingerprint density at radius 3 is 2.58 bits per heavy atom. The van der Waals surface area contributed by atoms with Crippen LogP contribution in [0.4, 0.5) is 17.3 Å². The monoisotopic (exact) mass is 348 g/mol. The minimum atomic E-state index is 0.764. The first-order valence-corrected chi connectivity index (χ1v) is 8.68. The van der Waals surface area contributed by atoms with Gasteiger partial charge in [-0.15, -0.1) is 0 Å². The maximum Gasteiger partial charge on any atom is 0.135 e. The fourth-order valence-electron chi connectivity index (χ4n) is 2.85. The molecule has 0 amide bonds. The number of hydrogen-bond acceptors (Lipinski definition) is 5. The van der Waals surface area contributed by atoms with Crippen molar-refractivity contribution in [3.05, 3.63) is 71.5 Å². The van der Waals surface area contributed by atoms with Gasteiger partial charge in [-0.25, -0.2) is 9.97 Å². The summed E-state index contributed by atoms with van der Waals surface area (Å²) >= 11 is 0. The van der Waals surface area contributed by atoms with Crippen molar-refractivity contribution in [1.29, 1.82) is 0 Å². The van der Waals surface area contributed by atoms with Gasteiger partial charge in [-0.05, 0) is 43.5 Å². The predicted octanol–water partition coefficient (Wildman–Crippen LogP) is 4.50. The largest absolute Gasteiger partial charge is 0.496 e. The van der Waals surface area contributed by atoms with Gasteiger partial charge in [0.25, 0.3) is 0 Å². The normalized spacial score (nSPS) is 10.4. The third-order valence-corrected chi connectivity index (χ3v) is 4.20. The predicted molar refractivity (Wildman–Crippen MR) is 106 cm³/mol. The first-order chi connectivity index (χ1) is 12.7. The quantitative estimate of drug-likeness (QED) is 0.658. The number of nitrogens with one attached hydrogen (secondary N) is 2. The zero-order valence-corrected chi connectivity index (χ0v) is 15.4. The highest BCUT2D eigenvalue weighted by Crippen LogP contribution is 2.21. The van der Waals surface area contributed by atoms with Crippen LogP contribution in [0.3, 0.4) is 0 Å². The molecular formula is C21H24N4O. The summed E-state index contributed by atoms with van der Waals surface area (Å²) in [4.78, 5) is 8.61. The Hall–Kier alpha value is -3.08. The number of anilines is 3. The van der Waals surface area contributed by atoms with Gasteiger partial charge in [0.1, 0.15) is 23.7 Å². The van der Waals surface area contributed by atoms with E-state index in [-0.39, 0.29) is 0 Å². The second-order valence-electron chi connectivity index (χ2n) is 6.22. The summed E-state index contributed by atoms with van der Waals surface area (Å²) in [5.41, 5.74) is 4.66. The number of aryl methyl sites for hydroxylation is 2. The van der Waals surface area contributed by atoms with Crippen molar-refractivity contribution in [2.45, 2.75) is 20.3 Å². The van der Waals surface area contributed by atoms with Crippen LogP contribution in [0, 0.1) is 13.8 Å². The Labute approximate surface area is 154 Å². The molecule has 134 valence electrons. The molecule has 0 fully saturated rings. The molecule has 0 saturated carbocycles. The molecule has 0 aliphatic carbocycles. The van der Waals surface area contributed by atoms with Gasteiger partial charge in [-0.3, -0.25) is 0 Å². The van der Waals surface area contributed by atoms with Crippen molar-refractivity contribution in [1.82, 2.24) is 9.97 Å². The molecule has 0 bridgehead atoms. The van der Waals surface area contributed by atoms with Crippen LogP contribution < -0.4 is 15.4 Å². The molecular weight excluding hydrogens is 324 g/mol. The Morgan fingerprint density at radius 1 is 0.962 bits per heavy atom. The van der Waals surface area contributed by atoms with E-state index in [1.807, 2.05) is 24.3 Å². The zero-order valence-electron chi connectivity index (χ0n) is 15.4. The van der Waals surface area contributed by atoms with Crippen LogP contribution in [0.25, 0.3) is 0 Å². The number of nitrogens with zero attached hydrogens (tertiary/aromatic N) is 2. The molecule has 0 radical (unpaired) electrons. The van der Waals surface area contributed by atoms with Crippen LogP contribution in [0.2, 0.25) is 0 Å². The number of rotatable bonds is 7. The summed E-state index contributed by atoms with van der Waals surface area (Å²) in [6, 6.07) is 16.3. The van der Waals surface area contributed by atoms with Crippen molar-refractivity contribution in [3.63, 3.8) is 0 Å². The Kier molecular flexibility index (Phi) is 5.69. The number of benzene rings is 2. The second kappa shape index (κ2) is 8.34. The number of ether oxygens (including phenoxy) is 1. The van der Waals surface area contributed by atoms with Crippen molar-refractivity contribution in [2.24, 2.45) is 0 Å². The van der Waals surface area contributed by atoms with Gasteiger partial charge in [-0.1, -0.05) is 35.9 Å². The van der Waals surface area contributed by atoms with E-state index in [9.17, 15) is 0 Å². The third-order valence-electron chi connectivity index (χ3n) is 4.20. The molecule has 0 unspecified atom stereocenters. The standard InChI is InChI=1S/C21H24N4O/c1-15-8-9-18(16(2)12-15)25-21-13-20(23-14-24-21)22-11-10-17-6-4-5-7-19(17)26-3/h4-9,12-14H,10-11H2,1-3H3,(H2,22,23,24,25). The summed E-state index contributed by atoms with van der Waals surface area (Å²) in [6.45, 7) is 4.94. The molecule has 5 heteroatoms. The Morgan fingerprint density at radius 2 is 1.77 bits per heavy atom. The van der Waals surface area contributed by atoms with E-state index in [1.54, 1.807) is 13.4 Å². The van der Waals surface area contributed by atoms with Crippen molar-refractivity contribution in [3.8, 4) is 5.75 Å². The first kappa shape index (κ1) is 17.7. The lowest BCUT2D eigenvalue weighted by atomic mass is 10.1. The molecule has 0 saturated heterocycles. The van der Waals surface area contributed by atoms with Crippen LogP contribution in [-0.4, -0.2) is 23.6 Å². The van der Waals surface area contributed by atoms with Crippen molar-refractivity contribution in [2.75, 3.05) is 24.3 Å². The van der Waals surface area contributed by atoms with Gasteiger partial charge in [0.15, 0.2) is 0 Å². The minimum absolute atomic E-state index is 0.764. The summed E-state index contributed by atoms with van der Waals surface area (Å²) in [5.74, 6) is 2.48. The van der Waals surface area contributed by atoms with E-state index in [0.717, 1.165) is 36.0 Å². The molecule has 2 aromatic carbocycles. The Bertz CT molecular complexity index is 879. The van der Waals surface area contributed by atoms with E-state index in [1.165, 1.54) is 16.7 Å². The van der Waals surface area contributed by atoms with Gasteiger partial charge >= 0.3 is 0 Å². The maximum atomic E-state index is 5.39. The number of aromatic nitrogens is 2. The van der Waals surface area contributed by atoms with Crippen LogP contribution in [0.15, 0.2) is 54.9 Å². The molecule has 5 nitrogen and oxygen atoms in total. The average molecular weight is 348 g/mol. The topological polar surface area (TPSA) is 59.1 Å². The summed E-state index contributed by atoms with van der Waals surface area (Å²) in [7, 11) is 1.70. The fourth-order valence-corrected chi connectivity index (χ4v) is 2.85. The van der Waals surface area contributed by atoms with Crippen molar-refractivity contribution < 1.29 is 4.74 Å². The lowest BCUT2D eigenvalue weighted by Crippen LogP contribution is -2.08. The van der Waals surface area contributed by atoms with Gasteiger partial charge in [0.05, 0.1) is 7.11 Å². The first-order valence-electron chi connectivity index (χ1n) is 8.68. The number of methoxy groups -OCH3 is 1. The highest BCUT2D eigenvalue weighted by atomic mass is 16.5. The van der Waals surface area contributed by atoms with Crippen LogP contribution >= 0.6 is 0 Å². The molecule has 0 aliphatic heterocycles. The minimum Gasteiger partial charge on any atom is -0.496 e. The van der Waals surface area contributed by atoms with Gasteiger partial charge < -0.3 is 15.4 Å². The number of para-hydroxylation sites is 1. The highest BCUT2D eigenvalue weighted by Gasteiger charge is 2.04. The average Bonchev–Trinajstić information content (AvgIpc) is 2.65. The van der Waals surface area contributed by atoms with Crippen LogP contribution in [-0.2, 0) is 6.42 Å². The van der Waals surface area contributed by atoms with Gasteiger partial charge in [0.2, 0.25) is 0 Å². The molecule has 3 rings (SSSR count). The van der Waals surface area contributed by atoms with Crippen LogP contribution in [0.1, 0.15) is 16.7 Å². The molecule has 2 N–H and O–H groups in total. The summed E-state index contributed by atoms with van der Waals surface area (Å²) in [6.07, 6.45) is 2.42. The fraction of sp³-hybridized carbons (Fsp3) is 0.238. The molecule has 1 heterocycles. The van der Waals surface area contributed by atoms with E-state index < -0.39 is 0 Å². The molecule has 0 aliphatic rings. The highest BCUT2D eigenvalue weighted by molar-refractivity contribution is 5.62. The molecule has 26 heavy (non-hydrogen) atoms. The lowest BCUT2D eigenvalue weighted by molar-refractivity contribution is 0.410. The van der Waals surface area contributed by atoms with E-state index in [0.29, 0.717) is 0 Å². The van der Waals surface area contributed by atoms with Crippen molar-refractivity contribution >= 4 is 17.3 Å². The van der Waals surface area contributed by atoms with E-state index >= 15 is 0 Å². The van der Waals surface area contributed by atoms with Crippen LogP contribution in [0.5, 0.6) is 5.75 Å². The third kappa shape index (κ3) is 4.51. The smallest absolute Gasteiger partial charge is 0.135 e. The molecule has 0 atom stereocenters. The Balaban J connectivity index is 1.62. The molecule has 0 spiro atoms. The maximum absolute atomic E-state index is 5.39. The SMILES string of the molecule is COc1ccccc1CCNc1cc(Nc2ccc(C)cc2C)ncn1. The van der Waals surface area contributed by atoms with E-state index in [4.69, 9.17) is 4.74 Å². The van der Waals surface area contributed by atoms with Gasteiger partial charge in [-0.2, -0.15) is 0 Å². The summed E-state index contributed by atoms with van der Waals surface area (Å²) in [5, 5.41) is 6.70. The second-order valence-corrected chi connectivity index (χ2v) is 6.22. The summed E-state index contributed by atoms with van der Waals surface area (Å²) < 4.78 is 5.39. The zero-order chi connectivity index (χ0) is 18.4. The van der Waals surface area contributed by atoms with E-state index in [2.05, 4.69) is 58.7 Å². The number of hydrogen-bond donors (Lipinski definition) is 2.